The molecule has 3 nitrogen and oxygen atoms in total. The van der Waals surface area contributed by atoms with Crippen LogP contribution in [0.4, 0.5) is 0 Å². The van der Waals surface area contributed by atoms with Crippen LogP contribution in [0.5, 0.6) is 0 Å². The molecule has 1 heterocycles. The highest BCUT2D eigenvalue weighted by Gasteiger charge is 2.07. The first-order valence-electron chi connectivity index (χ1n) is 4.21. The number of aliphatic hydroxyl groups is 1. The van der Waals surface area contributed by atoms with Crippen LogP contribution >= 0.6 is 15.9 Å². The summed E-state index contributed by atoms with van der Waals surface area (Å²) in [5.41, 5.74) is 1.76. The first kappa shape index (κ1) is 9.43. The third-order valence-electron chi connectivity index (χ3n) is 1.95. The first-order valence-corrected chi connectivity index (χ1v) is 5.01. The number of hydrogen-bond acceptors (Lipinski definition) is 2. The van der Waals surface area contributed by atoms with E-state index in [0.717, 1.165) is 15.9 Å². The summed E-state index contributed by atoms with van der Waals surface area (Å²) in [6.45, 7) is -0.00653. The lowest BCUT2D eigenvalue weighted by molar-refractivity contribution is 0.281. The molecule has 1 aromatic carbocycles. The maximum absolute atomic E-state index is 9.00. The van der Waals surface area contributed by atoms with E-state index in [1.807, 2.05) is 30.3 Å². The van der Waals surface area contributed by atoms with Crippen molar-refractivity contribution in [1.29, 1.82) is 0 Å². The molecule has 0 atom stereocenters. The predicted octanol–water partition coefficient (Wildman–Crippen LogP) is 2.13. The molecule has 1 aromatic heterocycles. The number of nitrogens with zero attached hydrogens (tertiary/aromatic N) is 2. The van der Waals surface area contributed by atoms with E-state index in [9.17, 15) is 0 Å². The fraction of sp³-hybridized carbons (Fsp3) is 0.100. The molecule has 0 amide bonds. The summed E-state index contributed by atoms with van der Waals surface area (Å²) in [6.07, 6.45) is 1.65. The van der Waals surface area contributed by atoms with Crippen molar-refractivity contribution in [2.24, 2.45) is 0 Å². The van der Waals surface area contributed by atoms with Crippen LogP contribution < -0.4 is 0 Å². The second-order valence-electron chi connectivity index (χ2n) is 2.87. The molecular formula is C10H9BrN2O. The van der Waals surface area contributed by atoms with Gasteiger partial charge in [0.2, 0.25) is 0 Å². The molecule has 4 heteroatoms. The van der Waals surface area contributed by atoms with Gasteiger partial charge in [0.15, 0.2) is 0 Å². The monoisotopic (exact) mass is 252 g/mol. The molecule has 0 bridgehead atoms. The predicted molar refractivity (Wildman–Crippen MR) is 57.2 cm³/mol. The van der Waals surface area contributed by atoms with Gasteiger partial charge in [-0.15, -0.1) is 0 Å². The fourth-order valence-corrected chi connectivity index (χ4v) is 1.75. The minimum absolute atomic E-state index is 0.00653. The van der Waals surface area contributed by atoms with Gasteiger partial charge < -0.3 is 5.11 Å². The summed E-state index contributed by atoms with van der Waals surface area (Å²) >= 11 is 3.39. The lowest BCUT2D eigenvalue weighted by Gasteiger charge is -2.02. The summed E-state index contributed by atoms with van der Waals surface area (Å²) in [4.78, 5) is 0. The van der Waals surface area contributed by atoms with E-state index in [-0.39, 0.29) is 6.61 Å². The normalized spacial score (nSPS) is 10.4. The van der Waals surface area contributed by atoms with Crippen molar-refractivity contribution in [3.63, 3.8) is 0 Å². The highest BCUT2D eigenvalue weighted by Crippen LogP contribution is 2.20. The molecule has 0 radical (unpaired) electrons. The number of aromatic nitrogens is 2. The van der Waals surface area contributed by atoms with Gasteiger partial charge in [0.1, 0.15) is 4.60 Å². The van der Waals surface area contributed by atoms with Gasteiger partial charge in [-0.05, 0) is 28.1 Å². The Morgan fingerprint density at radius 2 is 2.00 bits per heavy atom. The van der Waals surface area contributed by atoms with Gasteiger partial charge in [0, 0.05) is 5.56 Å². The SMILES string of the molecule is OCc1cnn(-c2ccccc2)c1Br. The smallest absolute Gasteiger partial charge is 0.115 e. The van der Waals surface area contributed by atoms with E-state index in [2.05, 4.69) is 21.0 Å². The van der Waals surface area contributed by atoms with Crippen molar-refractivity contribution in [2.75, 3.05) is 0 Å². The Kier molecular flexibility index (Phi) is 2.65. The van der Waals surface area contributed by atoms with Crippen molar-refractivity contribution in [1.82, 2.24) is 9.78 Å². The zero-order valence-electron chi connectivity index (χ0n) is 7.39. The van der Waals surface area contributed by atoms with Gasteiger partial charge in [-0.2, -0.15) is 5.10 Å². The summed E-state index contributed by atoms with van der Waals surface area (Å²) in [5.74, 6) is 0. The topological polar surface area (TPSA) is 38.1 Å². The molecule has 1 N–H and O–H groups in total. The second kappa shape index (κ2) is 3.94. The highest BCUT2D eigenvalue weighted by atomic mass is 79.9. The lowest BCUT2D eigenvalue weighted by Crippen LogP contribution is -1.96. The van der Waals surface area contributed by atoms with Gasteiger partial charge >= 0.3 is 0 Å². The number of benzene rings is 1. The lowest BCUT2D eigenvalue weighted by atomic mass is 10.3. The minimum Gasteiger partial charge on any atom is -0.392 e. The third kappa shape index (κ3) is 1.58. The van der Waals surface area contributed by atoms with Crippen molar-refractivity contribution in [3.05, 3.63) is 46.7 Å². The Bertz CT molecular complexity index is 425. The van der Waals surface area contributed by atoms with Crippen LogP contribution in [-0.4, -0.2) is 14.9 Å². The van der Waals surface area contributed by atoms with Crippen LogP contribution in [0.3, 0.4) is 0 Å². The van der Waals surface area contributed by atoms with E-state index < -0.39 is 0 Å². The van der Waals surface area contributed by atoms with Crippen LogP contribution in [0, 0.1) is 0 Å². The molecule has 0 unspecified atom stereocenters. The van der Waals surface area contributed by atoms with Crippen molar-refractivity contribution >= 4 is 15.9 Å². The zero-order chi connectivity index (χ0) is 9.97. The van der Waals surface area contributed by atoms with Gasteiger partial charge in [-0.1, -0.05) is 18.2 Å². The molecule has 0 saturated carbocycles. The quantitative estimate of drug-likeness (QED) is 0.890. The molecule has 72 valence electrons. The molecule has 2 rings (SSSR count). The zero-order valence-corrected chi connectivity index (χ0v) is 8.98. The minimum atomic E-state index is -0.00653. The van der Waals surface area contributed by atoms with E-state index in [1.165, 1.54) is 0 Å². The van der Waals surface area contributed by atoms with Crippen molar-refractivity contribution < 1.29 is 5.11 Å². The molecule has 0 spiro atoms. The highest BCUT2D eigenvalue weighted by molar-refractivity contribution is 9.10. The second-order valence-corrected chi connectivity index (χ2v) is 3.62. The third-order valence-corrected chi connectivity index (χ3v) is 2.80. The maximum Gasteiger partial charge on any atom is 0.115 e. The van der Waals surface area contributed by atoms with Crippen LogP contribution in [0.15, 0.2) is 41.1 Å². The Hall–Kier alpha value is -1.13. The molecular weight excluding hydrogens is 244 g/mol. The van der Waals surface area contributed by atoms with Gasteiger partial charge in [0.05, 0.1) is 18.5 Å². The molecule has 0 aliphatic heterocycles. The summed E-state index contributed by atoms with van der Waals surface area (Å²) in [6, 6.07) is 9.76. The van der Waals surface area contributed by atoms with Gasteiger partial charge in [-0.25, -0.2) is 4.68 Å². The molecule has 0 saturated heterocycles. The Labute approximate surface area is 90.1 Å². The van der Waals surface area contributed by atoms with Gasteiger partial charge in [0.25, 0.3) is 0 Å². The molecule has 2 aromatic rings. The molecule has 0 fully saturated rings. The Morgan fingerprint density at radius 3 is 2.57 bits per heavy atom. The summed E-state index contributed by atoms with van der Waals surface area (Å²) in [7, 11) is 0. The van der Waals surface area contributed by atoms with E-state index in [0.29, 0.717) is 0 Å². The van der Waals surface area contributed by atoms with E-state index >= 15 is 0 Å². The fourth-order valence-electron chi connectivity index (χ4n) is 1.22. The largest absolute Gasteiger partial charge is 0.392 e. The van der Waals surface area contributed by atoms with Crippen LogP contribution in [0.25, 0.3) is 5.69 Å². The standard InChI is InChI=1S/C10H9BrN2O/c11-10-8(7-14)6-12-13(10)9-4-2-1-3-5-9/h1-6,14H,7H2. The molecule has 14 heavy (non-hydrogen) atoms. The average molecular weight is 253 g/mol. The van der Waals surface area contributed by atoms with E-state index in [4.69, 9.17) is 5.11 Å². The van der Waals surface area contributed by atoms with Gasteiger partial charge in [-0.3, -0.25) is 0 Å². The maximum atomic E-state index is 9.00. The number of rotatable bonds is 2. The number of hydrogen-bond donors (Lipinski definition) is 1. The van der Waals surface area contributed by atoms with E-state index in [1.54, 1.807) is 10.9 Å². The Balaban J connectivity index is 2.48. The van der Waals surface area contributed by atoms with Crippen LogP contribution in [0.1, 0.15) is 5.56 Å². The first-order chi connectivity index (χ1) is 6.83. The number of para-hydroxylation sites is 1. The Morgan fingerprint density at radius 1 is 1.29 bits per heavy atom. The van der Waals surface area contributed by atoms with Crippen molar-refractivity contribution in [2.45, 2.75) is 6.61 Å². The number of halogens is 1. The molecule has 0 aliphatic rings. The summed E-state index contributed by atoms with van der Waals surface area (Å²) in [5, 5.41) is 13.2. The number of aliphatic hydroxyl groups excluding tert-OH is 1. The molecule has 0 aliphatic carbocycles. The van der Waals surface area contributed by atoms with Crippen LogP contribution in [0.2, 0.25) is 0 Å². The average Bonchev–Trinajstić information content (AvgIpc) is 2.61. The van der Waals surface area contributed by atoms with Crippen molar-refractivity contribution in [3.8, 4) is 5.69 Å². The van der Waals surface area contributed by atoms with Crippen LogP contribution in [-0.2, 0) is 6.61 Å². The summed E-state index contributed by atoms with van der Waals surface area (Å²) < 4.78 is 2.54.